The highest BCUT2D eigenvalue weighted by Gasteiger charge is 2.35. The van der Waals surface area contributed by atoms with Crippen molar-refractivity contribution in [3.63, 3.8) is 0 Å². The average Bonchev–Trinajstić information content (AvgIpc) is 3.47. The lowest BCUT2D eigenvalue weighted by molar-refractivity contribution is 0.0387. The first-order valence-electron chi connectivity index (χ1n) is 12.3. The molecule has 0 saturated carbocycles. The average molecular weight is 612 g/mol. The third-order valence-electron chi connectivity index (χ3n) is 6.64. The van der Waals surface area contributed by atoms with Gasteiger partial charge in [-0.2, -0.15) is 4.31 Å². The summed E-state index contributed by atoms with van der Waals surface area (Å²) in [6.45, 7) is 3.33. The molecule has 40 heavy (non-hydrogen) atoms. The second-order valence-electron chi connectivity index (χ2n) is 9.61. The van der Waals surface area contributed by atoms with E-state index in [-0.39, 0.29) is 51.7 Å². The Morgan fingerprint density at radius 3 is 2.50 bits per heavy atom. The molecule has 1 aromatic heterocycles. The van der Waals surface area contributed by atoms with Gasteiger partial charge < -0.3 is 14.7 Å². The number of nitrogens with zero attached hydrogens (tertiary/aromatic N) is 2. The maximum atomic E-state index is 13.6. The first-order chi connectivity index (χ1) is 18.8. The first kappa shape index (κ1) is 29.9. The highest BCUT2D eigenvalue weighted by atomic mass is 32.2. The summed E-state index contributed by atoms with van der Waals surface area (Å²) in [4.78, 5) is 14.9. The van der Waals surface area contributed by atoms with Crippen LogP contribution in [-0.4, -0.2) is 75.9 Å². The fourth-order valence-electron chi connectivity index (χ4n) is 4.25. The number of ether oxygens (including phenoxy) is 1. The summed E-state index contributed by atoms with van der Waals surface area (Å²) in [5, 5.41) is 11.5. The van der Waals surface area contributed by atoms with E-state index in [2.05, 4.69) is 4.72 Å². The number of carbonyl (C=O) groups is 1. The summed E-state index contributed by atoms with van der Waals surface area (Å²) in [5.74, 6) is -1.25. The number of anilines is 1. The zero-order valence-electron chi connectivity index (χ0n) is 22.0. The lowest BCUT2D eigenvalue weighted by atomic mass is 9.99. The topological polar surface area (TPSA) is 133 Å². The molecule has 10 nitrogen and oxygen atoms in total. The molecule has 0 fully saturated rings. The normalized spacial score (nSPS) is 18.9. The lowest BCUT2D eigenvalue weighted by Crippen LogP contribution is -2.50. The molecule has 3 atom stereocenters. The highest BCUT2D eigenvalue weighted by molar-refractivity contribution is 7.92. The van der Waals surface area contributed by atoms with Crippen LogP contribution in [0.4, 0.5) is 10.1 Å². The van der Waals surface area contributed by atoms with Gasteiger partial charge >= 0.3 is 0 Å². The van der Waals surface area contributed by atoms with Crippen LogP contribution in [0.15, 0.2) is 69.1 Å². The van der Waals surface area contributed by atoms with E-state index < -0.39 is 43.9 Å². The van der Waals surface area contributed by atoms with Gasteiger partial charge in [0.2, 0.25) is 0 Å². The van der Waals surface area contributed by atoms with E-state index in [0.29, 0.717) is 0 Å². The van der Waals surface area contributed by atoms with Gasteiger partial charge in [0.25, 0.3) is 26.0 Å². The van der Waals surface area contributed by atoms with Crippen LogP contribution in [0.3, 0.4) is 0 Å². The number of aliphatic hydroxyl groups is 1. The summed E-state index contributed by atoms with van der Waals surface area (Å²) in [6.07, 6.45) is -0.679. The number of aliphatic hydroxyl groups excluding tert-OH is 1. The zero-order valence-corrected chi connectivity index (χ0v) is 24.5. The van der Waals surface area contributed by atoms with Crippen LogP contribution >= 0.6 is 11.3 Å². The van der Waals surface area contributed by atoms with Gasteiger partial charge in [-0.05, 0) is 60.8 Å². The molecule has 4 rings (SSSR count). The van der Waals surface area contributed by atoms with Crippen molar-refractivity contribution in [3.05, 3.63) is 71.4 Å². The monoisotopic (exact) mass is 611 g/mol. The number of carbonyl (C=O) groups excluding carboxylic acids is 1. The molecule has 0 radical (unpaired) electrons. The summed E-state index contributed by atoms with van der Waals surface area (Å²) in [7, 11) is -6.40. The second kappa shape index (κ2) is 11.8. The van der Waals surface area contributed by atoms with Crippen molar-refractivity contribution in [1.82, 2.24) is 9.21 Å². The van der Waals surface area contributed by atoms with Gasteiger partial charge in [0, 0.05) is 25.2 Å². The Kier molecular flexibility index (Phi) is 8.85. The van der Waals surface area contributed by atoms with Crippen LogP contribution in [0, 0.1) is 11.7 Å². The van der Waals surface area contributed by atoms with Crippen LogP contribution in [0.25, 0.3) is 0 Å². The Labute approximate surface area is 237 Å². The largest absolute Gasteiger partial charge is 0.488 e. The highest BCUT2D eigenvalue weighted by Crippen LogP contribution is 2.32. The summed E-state index contributed by atoms with van der Waals surface area (Å²) in [6, 6.07) is 11.1. The van der Waals surface area contributed by atoms with Gasteiger partial charge in [-0.3, -0.25) is 9.52 Å². The Morgan fingerprint density at radius 1 is 1.18 bits per heavy atom. The Bertz CT molecular complexity index is 1560. The molecule has 0 spiro atoms. The smallest absolute Gasteiger partial charge is 0.261 e. The van der Waals surface area contributed by atoms with E-state index in [1.54, 1.807) is 18.4 Å². The van der Waals surface area contributed by atoms with E-state index in [0.717, 1.165) is 35.6 Å². The molecule has 3 aromatic rings. The van der Waals surface area contributed by atoms with E-state index in [4.69, 9.17) is 4.74 Å². The van der Waals surface area contributed by atoms with Crippen LogP contribution in [0.5, 0.6) is 5.75 Å². The van der Waals surface area contributed by atoms with Crippen molar-refractivity contribution in [3.8, 4) is 5.75 Å². The number of hydrogen-bond donors (Lipinski definition) is 2. The molecule has 1 aliphatic heterocycles. The fourth-order valence-corrected chi connectivity index (χ4v) is 7.68. The maximum Gasteiger partial charge on any atom is 0.261 e. The molecule has 0 bridgehead atoms. The molecule has 1 aliphatic rings. The number of rotatable bonds is 9. The van der Waals surface area contributed by atoms with Crippen molar-refractivity contribution in [1.29, 1.82) is 0 Å². The molecule has 1 amide bonds. The van der Waals surface area contributed by atoms with Crippen LogP contribution in [0.2, 0.25) is 0 Å². The third-order valence-corrected chi connectivity index (χ3v) is 11.2. The molecule has 216 valence electrons. The molecular formula is C26H30FN3O7S3. The van der Waals surface area contributed by atoms with E-state index in [1.165, 1.54) is 40.5 Å². The Hall–Kier alpha value is -3.04. The van der Waals surface area contributed by atoms with Crippen molar-refractivity contribution < 1.29 is 35.9 Å². The quantitative estimate of drug-likeness (QED) is 0.380. The molecular weight excluding hydrogens is 581 g/mol. The lowest BCUT2D eigenvalue weighted by Gasteiger charge is -2.38. The Balaban J connectivity index is 1.68. The molecule has 2 N–H and O–H groups in total. The number of amides is 1. The molecule has 0 unspecified atom stereocenters. The predicted molar refractivity (Wildman–Crippen MR) is 149 cm³/mol. The van der Waals surface area contributed by atoms with Gasteiger partial charge in [-0.15, -0.1) is 11.3 Å². The van der Waals surface area contributed by atoms with Crippen LogP contribution in [-0.2, 0) is 20.0 Å². The minimum absolute atomic E-state index is 0.0185. The van der Waals surface area contributed by atoms with Crippen LogP contribution in [0.1, 0.15) is 24.2 Å². The Morgan fingerprint density at radius 2 is 1.88 bits per heavy atom. The van der Waals surface area contributed by atoms with Crippen molar-refractivity contribution >= 4 is 43.0 Å². The van der Waals surface area contributed by atoms with Gasteiger partial charge in [0.1, 0.15) is 21.9 Å². The number of benzene rings is 2. The number of sulfonamides is 2. The van der Waals surface area contributed by atoms with Gasteiger partial charge in [0.05, 0.1) is 29.7 Å². The molecule has 14 heteroatoms. The van der Waals surface area contributed by atoms with Gasteiger partial charge in [0.15, 0.2) is 0 Å². The second-order valence-corrected chi connectivity index (χ2v) is 14.5. The van der Waals surface area contributed by atoms with Crippen LogP contribution < -0.4 is 9.46 Å². The van der Waals surface area contributed by atoms with Crippen molar-refractivity contribution in [2.75, 3.05) is 31.5 Å². The van der Waals surface area contributed by atoms with E-state index >= 15 is 0 Å². The number of halogens is 1. The van der Waals surface area contributed by atoms with Crippen molar-refractivity contribution in [2.45, 2.75) is 35.1 Å². The number of thiophene rings is 1. The predicted octanol–water partition coefficient (Wildman–Crippen LogP) is 3.23. The van der Waals surface area contributed by atoms with Gasteiger partial charge in [-0.25, -0.2) is 21.2 Å². The minimum atomic E-state index is -4.09. The van der Waals surface area contributed by atoms with E-state index in [9.17, 15) is 31.1 Å². The third kappa shape index (κ3) is 6.31. The van der Waals surface area contributed by atoms with Crippen molar-refractivity contribution in [2.24, 2.45) is 5.92 Å². The van der Waals surface area contributed by atoms with Gasteiger partial charge in [-0.1, -0.05) is 13.0 Å². The number of likely N-dealkylation sites (N-methyl/N-ethyl adjacent to an activating group) is 1. The SMILES string of the molecule is C[C@@H]1CN([C@@H](C)CO)C(=O)c2cc(NS(=O)(=O)c3ccc(F)cc3)ccc2O[C@@H]1CN(C)S(=O)(=O)c1cccs1. The molecule has 0 saturated heterocycles. The standard InChI is InChI=1S/C26H30FN3O7S3/c1-17-14-30(18(2)16-31)26(32)22-13-20(28-39(33,34)21-9-6-19(27)7-10-21)8-11-23(22)37-24(17)15-29(3)40(35,36)25-5-4-12-38-25/h4-13,17-18,24,28,31H,14-16H2,1-3H3/t17-,18+,24-/m1/s1. The summed E-state index contributed by atoms with van der Waals surface area (Å²) < 4.78 is 75.1. The zero-order chi connectivity index (χ0) is 29.2. The maximum absolute atomic E-state index is 13.6. The summed E-state index contributed by atoms with van der Waals surface area (Å²) >= 11 is 1.10. The summed E-state index contributed by atoms with van der Waals surface area (Å²) in [5.41, 5.74) is 0.111. The number of fused-ring (bicyclic) bond motifs is 1. The molecule has 2 aromatic carbocycles. The number of nitrogens with one attached hydrogen (secondary N) is 1. The molecule has 2 heterocycles. The number of hydrogen-bond acceptors (Lipinski definition) is 8. The molecule has 0 aliphatic carbocycles. The fraction of sp³-hybridized carbons (Fsp3) is 0.346. The van der Waals surface area contributed by atoms with E-state index in [1.807, 2.05) is 6.92 Å². The minimum Gasteiger partial charge on any atom is -0.488 e. The first-order valence-corrected chi connectivity index (χ1v) is 16.1.